The third kappa shape index (κ3) is 3.08. The molecular formula is C15H24N2O3. The monoisotopic (exact) mass is 280 g/mol. The SMILES string of the molecule is CCOC1(c2noc(C(C)C(C)=O)n2)CCCCCC1. The van der Waals surface area contributed by atoms with E-state index in [-0.39, 0.29) is 11.7 Å². The molecule has 0 spiro atoms. The minimum Gasteiger partial charge on any atom is -0.367 e. The van der Waals surface area contributed by atoms with Crippen LogP contribution in [0.3, 0.4) is 0 Å². The van der Waals surface area contributed by atoms with Crippen LogP contribution in [-0.2, 0) is 15.1 Å². The highest BCUT2D eigenvalue weighted by molar-refractivity contribution is 5.81. The van der Waals surface area contributed by atoms with Crippen molar-refractivity contribution in [2.45, 2.75) is 70.8 Å². The lowest BCUT2D eigenvalue weighted by Crippen LogP contribution is -2.31. The normalized spacial score (nSPS) is 20.4. The Hall–Kier alpha value is -1.23. The van der Waals surface area contributed by atoms with Gasteiger partial charge in [0, 0.05) is 6.61 Å². The van der Waals surface area contributed by atoms with Gasteiger partial charge in [0.1, 0.15) is 11.4 Å². The molecule has 0 aromatic carbocycles. The Morgan fingerprint density at radius 2 is 2.00 bits per heavy atom. The van der Waals surface area contributed by atoms with E-state index in [0.29, 0.717) is 18.3 Å². The van der Waals surface area contributed by atoms with E-state index in [1.165, 1.54) is 12.8 Å². The maximum absolute atomic E-state index is 11.4. The Bertz CT molecular complexity index is 448. The first kappa shape index (κ1) is 15.2. The molecule has 1 aromatic heterocycles. The molecule has 1 fully saturated rings. The zero-order valence-corrected chi connectivity index (χ0v) is 12.6. The number of nitrogens with zero attached hydrogens (tertiary/aromatic N) is 2. The third-order valence-electron chi connectivity index (χ3n) is 4.16. The van der Waals surface area contributed by atoms with Gasteiger partial charge in [-0.2, -0.15) is 4.98 Å². The van der Waals surface area contributed by atoms with Crippen LogP contribution in [0.1, 0.15) is 76.9 Å². The van der Waals surface area contributed by atoms with Crippen LogP contribution in [0.25, 0.3) is 0 Å². The molecule has 0 N–H and O–H groups in total. The molecule has 0 amide bonds. The number of ether oxygens (including phenoxy) is 1. The first-order valence-electron chi connectivity index (χ1n) is 7.57. The van der Waals surface area contributed by atoms with Crippen molar-refractivity contribution >= 4 is 5.78 Å². The van der Waals surface area contributed by atoms with Crippen molar-refractivity contribution in [3.8, 4) is 0 Å². The highest BCUT2D eigenvalue weighted by Gasteiger charge is 2.38. The van der Waals surface area contributed by atoms with Crippen LogP contribution in [0.15, 0.2) is 4.52 Å². The van der Waals surface area contributed by atoms with Gasteiger partial charge in [0.2, 0.25) is 11.7 Å². The van der Waals surface area contributed by atoms with Crippen molar-refractivity contribution in [3.05, 3.63) is 11.7 Å². The lowest BCUT2D eigenvalue weighted by molar-refractivity contribution is -0.118. The molecule has 112 valence electrons. The molecule has 1 aliphatic rings. The predicted octanol–water partition coefficient (Wildman–Crippen LogP) is 3.35. The molecule has 1 aromatic rings. The Balaban J connectivity index is 2.27. The van der Waals surface area contributed by atoms with Crippen LogP contribution in [-0.4, -0.2) is 22.5 Å². The second kappa shape index (κ2) is 6.48. The Morgan fingerprint density at radius 1 is 1.35 bits per heavy atom. The summed E-state index contributed by atoms with van der Waals surface area (Å²) in [6.07, 6.45) is 6.54. The molecule has 1 saturated carbocycles. The molecule has 1 aliphatic carbocycles. The molecule has 0 aliphatic heterocycles. The van der Waals surface area contributed by atoms with E-state index in [1.807, 2.05) is 6.92 Å². The summed E-state index contributed by atoms with van der Waals surface area (Å²) in [6, 6.07) is 0. The van der Waals surface area contributed by atoms with E-state index in [4.69, 9.17) is 9.26 Å². The molecule has 1 unspecified atom stereocenters. The molecule has 1 heterocycles. The number of aromatic nitrogens is 2. The minimum atomic E-state index is -0.427. The fourth-order valence-electron chi connectivity index (χ4n) is 2.78. The number of carbonyl (C=O) groups excluding carboxylic acids is 1. The van der Waals surface area contributed by atoms with E-state index >= 15 is 0 Å². The molecule has 5 nitrogen and oxygen atoms in total. The van der Waals surface area contributed by atoms with Crippen molar-refractivity contribution in [2.75, 3.05) is 6.61 Å². The summed E-state index contributed by atoms with van der Waals surface area (Å²) in [5.74, 6) is 0.701. The quantitative estimate of drug-likeness (QED) is 0.774. The van der Waals surface area contributed by atoms with Gasteiger partial charge < -0.3 is 9.26 Å². The molecule has 20 heavy (non-hydrogen) atoms. The maximum Gasteiger partial charge on any atom is 0.237 e. The summed E-state index contributed by atoms with van der Waals surface area (Å²) < 4.78 is 11.3. The van der Waals surface area contributed by atoms with Gasteiger partial charge in [-0.05, 0) is 33.6 Å². The highest BCUT2D eigenvalue weighted by Crippen LogP contribution is 2.38. The van der Waals surface area contributed by atoms with Crippen LogP contribution >= 0.6 is 0 Å². The summed E-state index contributed by atoms with van der Waals surface area (Å²) >= 11 is 0. The van der Waals surface area contributed by atoms with E-state index in [0.717, 1.165) is 25.7 Å². The fraction of sp³-hybridized carbons (Fsp3) is 0.800. The number of rotatable bonds is 5. The van der Waals surface area contributed by atoms with E-state index < -0.39 is 5.60 Å². The van der Waals surface area contributed by atoms with Crippen molar-refractivity contribution in [3.63, 3.8) is 0 Å². The van der Waals surface area contributed by atoms with E-state index in [1.54, 1.807) is 13.8 Å². The predicted molar refractivity (Wildman–Crippen MR) is 74.4 cm³/mol. The molecule has 0 radical (unpaired) electrons. The standard InChI is InChI=1S/C15H24N2O3/c1-4-19-15(9-7-5-6-8-10-15)14-16-13(20-17-14)11(2)12(3)18/h11H,4-10H2,1-3H3. The van der Waals surface area contributed by atoms with Crippen molar-refractivity contribution in [1.29, 1.82) is 0 Å². The van der Waals surface area contributed by atoms with Gasteiger partial charge in [-0.1, -0.05) is 30.8 Å². The average Bonchev–Trinajstić information content (AvgIpc) is 2.80. The molecule has 1 atom stereocenters. The number of hydrogen-bond acceptors (Lipinski definition) is 5. The highest BCUT2D eigenvalue weighted by atomic mass is 16.5. The second-order valence-electron chi connectivity index (χ2n) is 5.63. The number of hydrogen-bond donors (Lipinski definition) is 0. The summed E-state index contributed by atoms with van der Waals surface area (Å²) in [6.45, 7) is 5.95. The van der Waals surface area contributed by atoms with E-state index in [9.17, 15) is 4.79 Å². The van der Waals surface area contributed by atoms with Crippen molar-refractivity contribution in [1.82, 2.24) is 10.1 Å². The lowest BCUT2D eigenvalue weighted by atomic mass is 9.93. The second-order valence-corrected chi connectivity index (χ2v) is 5.63. The zero-order valence-electron chi connectivity index (χ0n) is 12.6. The van der Waals surface area contributed by atoms with Gasteiger partial charge >= 0.3 is 0 Å². The number of carbonyl (C=O) groups is 1. The molecule has 2 rings (SSSR count). The van der Waals surface area contributed by atoms with Gasteiger partial charge in [0.05, 0.1) is 5.92 Å². The summed E-state index contributed by atoms with van der Waals surface area (Å²) in [7, 11) is 0. The Kier molecular flexibility index (Phi) is 4.91. The topological polar surface area (TPSA) is 65.2 Å². The van der Waals surface area contributed by atoms with Crippen LogP contribution in [0.5, 0.6) is 0 Å². The van der Waals surface area contributed by atoms with E-state index in [2.05, 4.69) is 10.1 Å². The first-order valence-corrected chi connectivity index (χ1v) is 7.57. The largest absolute Gasteiger partial charge is 0.367 e. The van der Waals surface area contributed by atoms with Crippen LogP contribution in [0.4, 0.5) is 0 Å². The lowest BCUT2D eigenvalue weighted by Gasteiger charge is -2.29. The number of ketones is 1. The van der Waals surface area contributed by atoms with Gasteiger partial charge in [-0.25, -0.2) is 0 Å². The summed E-state index contributed by atoms with van der Waals surface area (Å²) in [5, 5.41) is 4.11. The first-order chi connectivity index (χ1) is 9.59. The van der Waals surface area contributed by atoms with Gasteiger partial charge in [0.25, 0.3) is 0 Å². The minimum absolute atomic E-state index is 0.0338. The molecule has 0 bridgehead atoms. The molecular weight excluding hydrogens is 256 g/mol. The van der Waals surface area contributed by atoms with Gasteiger partial charge in [-0.3, -0.25) is 4.79 Å². The summed E-state index contributed by atoms with van der Waals surface area (Å²) in [5.41, 5.74) is -0.427. The van der Waals surface area contributed by atoms with Crippen LogP contribution in [0, 0.1) is 0 Å². The van der Waals surface area contributed by atoms with Crippen molar-refractivity contribution < 1.29 is 14.1 Å². The number of Topliss-reactive ketones (excluding diaryl/α,β-unsaturated/α-hetero) is 1. The Labute approximate surface area is 120 Å². The third-order valence-corrected chi connectivity index (χ3v) is 4.16. The van der Waals surface area contributed by atoms with Gasteiger partial charge in [0.15, 0.2) is 0 Å². The van der Waals surface area contributed by atoms with Crippen LogP contribution < -0.4 is 0 Å². The van der Waals surface area contributed by atoms with Crippen molar-refractivity contribution in [2.24, 2.45) is 0 Å². The van der Waals surface area contributed by atoms with Crippen LogP contribution in [0.2, 0.25) is 0 Å². The molecule has 0 saturated heterocycles. The fourth-order valence-corrected chi connectivity index (χ4v) is 2.78. The summed E-state index contributed by atoms with van der Waals surface area (Å²) in [4.78, 5) is 15.9. The Morgan fingerprint density at radius 3 is 2.55 bits per heavy atom. The smallest absolute Gasteiger partial charge is 0.237 e. The maximum atomic E-state index is 11.4. The van der Waals surface area contributed by atoms with Gasteiger partial charge in [-0.15, -0.1) is 0 Å². The average molecular weight is 280 g/mol. The molecule has 5 heteroatoms. The zero-order chi connectivity index (χ0) is 14.6.